The molecule has 0 amide bonds. The summed E-state index contributed by atoms with van der Waals surface area (Å²) in [5.41, 5.74) is 1.15. The van der Waals surface area contributed by atoms with Gasteiger partial charge in [-0.15, -0.1) is 11.3 Å². The second-order valence-corrected chi connectivity index (χ2v) is 3.86. The lowest BCUT2D eigenvalue weighted by Crippen LogP contribution is -2.27. The van der Waals surface area contributed by atoms with Gasteiger partial charge in [0, 0.05) is 13.1 Å². The number of hydrogen-bond donors (Lipinski definition) is 1. The number of imidazole rings is 1. The lowest BCUT2D eigenvalue weighted by molar-refractivity contribution is 0.516. The molecule has 62 valence electrons. The Kier molecular flexibility index (Phi) is 1.27. The van der Waals surface area contributed by atoms with E-state index in [1.54, 1.807) is 11.3 Å². The average molecular weight is 179 g/mol. The lowest BCUT2D eigenvalue weighted by Gasteiger charge is -2.14. The highest BCUT2D eigenvalue weighted by Gasteiger charge is 2.13. The van der Waals surface area contributed by atoms with Crippen LogP contribution in [0, 0.1) is 0 Å². The molecule has 0 saturated heterocycles. The second kappa shape index (κ2) is 2.31. The minimum Gasteiger partial charge on any atom is -0.317 e. The van der Waals surface area contributed by atoms with Crippen LogP contribution < -0.4 is 5.32 Å². The van der Waals surface area contributed by atoms with Gasteiger partial charge in [-0.1, -0.05) is 0 Å². The third-order valence-electron chi connectivity index (χ3n) is 2.23. The third-order valence-corrected chi connectivity index (χ3v) is 3.15. The van der Waals surface area contributed by atoms with Crippen LogP contribution in [0.4, 0.5) is 0 Å². The molecule has 1 aliphatic heterocycles. The van der Waals surface area contributed by atoms with Gasteiger partial charge in [0.05, 0.1) is 6.54 Å². The van der Waals surface area contributed by atoms with E-state index in [2.05, 4.69) is 26.3 Å². The largest absolute Gasteiger partial charge is 0.317 e. The molecule has 3 heterocycles. The summed E-state index contributed by atoms with van der Waals surface area (Å²) in [6.45, 7) is 3.05. The molecule has 3 nitrogen and oxygen atoms in total. The highest BCUT2D eigenvalue weighted by Crippen LogP contribution is 2.22. The summed E-state index contributed by atoms with van der Waals surface area (Å²) in [6, 6.07) is 2.09. The molecule has 0 fully saturated rings. The van der Waals surface area contributed by atoms with Gasteiger partial charge in [-0.2, -0.15) is 0 Å². The van der Waals surface area contributed by atoms with Gasteiger partial charge < -0.3 is 9.88 Å². The van der Waals surface area contributed by atoms with Gasteiger partial charge in [-0.25, -0.2) is 4.98 Å². The van der Waals surface area contributed by atoms with Crippen LogP contribution in [0.1, 0.15) is 5.82 Å². The Balaban J connectivity index is 2.34. The summed E-state index contributed by atoms with van der Waals surface area (Å²) >= 11 is 1.78. The van der Waals surface area contributed by atoms with E-state index in [4.69, 9.17) is 0 Å². The van der Waals surface area contributed by atoms with Crippen LogP contribution in [-0.4, -0.2) is 16.1 Å². The molecule has 0 aromatic carbocycles. The SMILES string of the molecule is c1cc2nc3n(c2s1)CCNC3. The maximum atomic E-state index is 4.52. The van der Waals surface area contributed by atoms with Crippen molar-refractivity contribution in [1.29, 1.82) is 0 Å². The Morgan fingerprint density at radius 1 is 1.58 bits per heavy atom. The molecule has 2 aromatic heterocycles. The van der Waals surface area contributed by atoms with E-state index in [9.17, 15) is 0 Å². The smallest absolute Gasteiger partial charge is 0.124 e. The summed E-state index contributed by atoms with van der Waals surface area (Å²) in [6.07, 6.45) is 0. The van der Waals surface area contributed by atoms with Crippen LogP contribution in [0.3, 0.4) is 0 Å². The zero-order chi connectivity index (χ0) is 7.97. The maximum absolute atomic E-state index is 4.52. The highest BCUT2D eigenvalue weighted by molar-refractivity contribution is 7.16. The molecule has 0 unspecified atom stereocenters. The van der Waals surface area contributed by atoms with Crippen LogP contribution in [0.15, 0.2) is 11.4 Å². The summed E-state index contributed by atoms with van der Waals surface area (Å²) in [5, 5.41) is 5.42. The molecule has 4 heteroatoms. The summed E-state index contributed by atoms with van der Waals surface area (Å²) in [7, 11) is 0. The predicted molar refractivity (Wildman–Crippen MR) is 49.3 cm³/mol. The fraction of sp³-hybridized carbons (Fsp3) is 0.375. The Bertz CT molecular complexity index is 415. The molecular formula is C8H9N3S. The average Bonchev–Trinajstić information content (AvgIpc) is 2.62. The summed E-state index contributed by atoms with van der Waals surface area (Å²) in [5.74, 6) is 1.18. The predicted octanol–water partition coefficient (Wildman–Crippen LogP) is 1.20. The van der Waals surface area contributed by atoms with Crippen molar-refractivity contribution in [3.8, 4) is 0 Å². The molecule has 12 heavy (non-hydrogen) atoms. The van der Waals surface area contributed by atoms with E-state index in [-0.39, 0.29) is 0 Å². The summed E-state index contributed by atoms with van der Waals surface area (Å²) in [4.78, 5) is 5.85. The molecule has 2 aromatic rings. The zero-order valence-electron chi connectivity index (χ0n) is 6.58. The van der Waals surface area contributed by atoms with Gasteiger partial charge in [0.1, 0.15) is 16.2 Å². The van der Waals surface area contributed by atoms with Gasteiger partial charge in [0.2, 0.25) is 0 Å². The molecule has 0 aliphatic carbocycles. The molecule has 1 aliphatic rings. The zero-order valence-corrected chi connectivity index (χ0v) is 7.40. The van der Waals surface area contributed by atoms with Gasteiger partial charge >= 0.3 is 0 Å². The van der Waals surface area contributed by atoms with E-state index in [0.717, 1.165) is 25.2 Å². The first-order valence-electron chi connectivity index (χ1n) is 4.08. The fourth-order valence-corrected chi connectivity index (χ4v) is 2.54. The lowest BCUT2D eigenvalue weighted by atomic mass is 10.4. The van der Waals surface area contributed by atoms with Crippen molar-refractivity contribution in [2.45, 2.75) is 13.1 Å². The van der Waals surface area contributed by atoms with Crippen LogP contribution >= 0.6 is 11.3 Å². The fourth-order valence-electron chi connectivity index (χ4n) is 1.65. The third kappa shape index (κ3) is 0.763. The van der Waals surface area contributed by atoms with Gasteiger partial charge in [0.25, 0.3) is 0 Å². The van der Waals surface area contributed by atoms with E-state index in [1.165, 1.54) is 10.7 Å². The van der Waals surface area contributed by atoms with E-state index in [0.29, 0.717) is 0 Å². The maximum Gasteiger partial charge on any atom is 0.124 e. The van der Waals surface area contributed by atoms with Crippen LogP contribution in [0.5, 0.6) is 0 Å². The molecule has 1 N–H and O–H groups in total. The standard InChI is InChI=1S/C8H9N3S/c1-4-12-8-6(1)10-7-5-9-2-3-11(7)8/h1,4,9H,2-3,5H2. The normalized spacial score (nSPS) is 16.7. The van der Waals surface area contributed by atoms with Crippen molar-refractivity contribution in [3.05, 3.63) is 17.3 Å². The molecular weight excluding hydrogens is 170 g/mol. The van der Waals surface area contributed by atoms with E-state index < -0.39 is 0 Å². The second-order valence-electron chi connectivity index (χ2n) is 2.97. The van der Waals surface area contributed by atoms with E-state index >= 15 is 0 Å². The van der Waals surface area contributed by atoms with Crippen LogP contribution in [0.25, 0.3) is 10.3 Å². The van der Waals surface area contributed by atoms with Crippen LogP contribution in [-0.2, 0) is 13.1 Å². The van der Waals surface area contributed by atoms with Crippen molar-refractivity contribution in [2.75, 3.05) is 6.54 Å². The Morgan fingerprint density at radius 2 is 2.58 bits per heavy atom. The van der Waals surface area contributed by atoms with Crippen LogP contribution in [0.2, 0.25) is 0 Å². The quantitative estimate of drug-likeness (QED) is 0.658. The Labute approximate surface area is 74.0 Å². The topological polar surface area (TPSA) is 29.9 Å². The monoisotopic (exact) mass is 179 g/mol. The number of thiophene rings is 1. The first kappa shape index (κ1) is 6.62. The number of aromatic nitrogens is 2. The van der Waals surface area contributed by atoms with Crippen molar-refractivity contribution in [2.24, 2.45) is 0 Å². The highest BCUT2D eigenvalue weighted by atomic mass is 32.1. The molecule has 0 bridgehead atoms. The van der Waals surface area contributed by atoms with Gasteiger partial charge in [0.15, 0.2) is 0 Å². The number of nitrogens with zero attached hydrogens (tertiary/aromatic N) is 2. The van der Waals surface area contributed by atoms with Crippen molar-refractivity contribution < 1.29 is 0 Å². The first-order chi connectivity index (χ1) is 5.95. The minimum absolute atomic E-state index is 0.918. The molecule has 3 rings (SSSR count). The van der Waals surface area contributed by atoms with Gasteiger partial charge in [-0.05, 0) is 11.4 Å². The molecule has 0 radical (unpaired) electrons. The number of nitrogens with one attached hydrogen (secondary N) is 1. The number of fused-ring (bicyclic) bond motifs is 3. The molecule has 0 atom stereocenters. The number of hydrogen-bond acceptors (Lipinski definition) is 3. The first-order valence-corrected chi connectivity index (χ1v) is 4.96. The van der Waals surface area contributed by atoms with E-state index in [1.807, 2.05) is 0 Å². The van der Waals surface area contributed by atoms with Crippen molar-refractivity contribution in [3.63, 3.8) is 0 Å². The van der Waals surface area contributed by atoms with Gasteiger partial charge in [-0.3, -0.25) is 0 Å². The number of rotatable bonds is 0. The minimum atomic E-state index is 0.918. The Hall–Kier alpha value is -0.870. The van der Waals surface area contributed by atoms with Crippen molar-refractivity contribution >= 4 is 21.7 Å². The summed E-state index contributed by atoms with van der Waals surface area (Å²) < 4.78 is 2.32. The Morgan fingerprint density at radius 3 is 3.58 bits per heavy atom. The molecule has 0 spiro atoms. The molecule has 0 saturated carbocycles. The van der Waals surface area contributed by atoms with Crippen molar-refractivity contribution in [1.82, 2.24) is 14.9 Å².